The number of likely N-dealkylation sites (N-methyl/N-ethyl adjacent to an activating group) is 1. The van der Waals surface area contributed by atoms with E-state index >= 15 is 0 Å². The Morgan fingerprint density at radius 3 is 2.31 bits per heavy atom. The van der Waals surface area contributed by atoms with Crippen LogP contribution in [0.1, 0.15) is 11.3 Å². The van der Waals surface area contributed by atoms with Gasteiger partial charge in [0.15, 0.2) is 0 Å². The minimum absolute atomic E-state index is 0.0572. The van der Waals surface area contributed by atoms with Crippen molar-refractivity contribution in [1.29, 1.82) is 0 Å². The molecule has 0 amide bonds. The molecule has 0 bridgehead atoms. The van der Waals surface area contributed by atoms with Crippen molar-refractivity contribution >= 4 is 16.5 Å². The van der Waals surface area contributed by atoms with Gasteiger partial charge in [-0.15, -0.1) is 0 Å². The number of aromatic nitrogens is 1. The van der Waals surface area contributed by atoms with Crippen LogP contribution in [-0.4, -0.2) is 53.8 Å². The third kappa shape index (κ3) is 2.28. The summed E-state index contributed by atoms with van der Waals surface area (Å²) in [6.07, 6.45) is 0. The molecule has 0 unspecified atom stereocenters. The van der Waals surface area contributed by atoms with Crippen molar-refractivity contribution in [2.24, 2.45) is 5.10 Å². The maximum atomic E-state index is 12.6. The summed E-state index contributed by atoms with van der Waals surface area (Å²) >= 11 is 0. The summed E-state index contributed by atoms with van der Waals surface area (Å²) in [4.78, 5) is 18.1. The third-order valence-corrected chi connectivity index (χ3v) is 5.34. The van der Waals surface area contributed by atoms with E-state index in [1.165, 1.54) is 0 Å². The first-order valence-corrected chi connectivity index (χ1v) is 8.99. The Balaban J connectivity index is 1.75. The predicted octanol–water partition coefficient (Wildman–Crippen LogP) is 2.51. The SMILES string of the molecule is CN1CCN(/N=C2\c3ccccc3-c3c2[nH]c(=O)c2ccccc32)CC1. The van der Waals surface area contributed by atoms with E-state index in [2.05, 4.69) is 34.1 Å². The molecule has 0 spiro atoms. The Morgan fingerprint density at radius 2 is 1.54 bits per heavy atom. The first-order chi connectivity index (χ1) is 12.7. The fraction of sp³-hybridized carbons (Fsp3) is 0.238. The van der Waals surface area contributed by atoms with Crippen LogP contribution in [0.5, 0.6) is 0 Å². The average Bonchev–Trinajstić information content (AvgIpc) is 2.98. The normalized spacial score (nSPS) is 18.3. The standard InChI is InChI=1S/C21H20N4O/c1-24-10-12-25(13-11-24)23-19-16-8-4-2-6-14(16)18-15-7-3-5-9-17(15)21(26)22-20(18)19/h2-9H,10-13H2,1H3,(H,22,26)/b23-19+. The summed E-state index contributed by atoms with van der Waals surface area (Å²) in [5, 5.41) is 8.79. The highest BCUT2D eigenvalue weighted by molar-refractivity contribution is 6.26. The van der Waals surface area contributed by atoms with Crippen molar-refractivity contribution in [3.63, 3.8) is 0 Å². The lowest BCUT2D eigenvalue weighted by molar-refractivity contribution is 0.159. The number of fused-ring (bicyclic) bond motifs is 5. The molecule has 1 N–H and O–H groups in total. The summed E-state index contributed by atoms with van der Waals surface area (Å²) in [6, 6.07) is 16.1. The molecule has 1 aromatic heterocycles. The minimum atomic E-state index is -0.0572. The molecule has 2 aliphatic rings. The highest BCUT2D eigenvalue weighted by Gasteiger charge is 2.29. The molecular formula is C21H20N4O. The molecule has 0 radical (unpaired) electrons. The molecule has 1 aliphatic carbocycles. The van der Waals surface area contributed by atoms with E-state index in [1.807, 2.05) is 36.4 Å². The van der Waals surface area contributed by atoms with E-state index in [0.29, 0.717) is 0 Å². The fourth-order valence-corrected chi connectivity index (χ4v) is 3.92. The molecular weight excluding hydrogens is 324 g/mol. The van der Waals surface area contributed by atoms with Crippen molar-refractivity contribution in [3.8, 4) is 11.1 Å². The summed E-state index contributed by atoms with van der Waals surface area (Å²) in [5.41, 5.74) is 4.98. The van der Waals surface area contributed by atoms with Crippen LogP contribution in [0.25, 0.3) is 21.9 Å². The zero-order chi connectivity index (χ0) is 17.7. The van der Waals surface area contributed by atoms with Crippen LogP contribution in [0, 0.1) is 0 Å². The Kier molecular flexibility index (Phi) is 3.43. The maximum Gasteiger partial charge on any atom is 0.256 e. The zero-order valence-corrected chi connectivity index (χ0v) is 14.7. The topological polar surface area (TPSA) is 51.7 Å². The average molecular weight is 344 g/mol. The lowest BCUT2D eigenvalue weighted by Gasteiger charge is -2.30. The largest absolute Gasteiger partial charge is 0.319 e. The van der Waals surface area contributed by atoms with Gasteiger partial charge in [-0.3, -0.25) is 9.80 Å². The Morgan fingerprint density at radius 1 is 0.885 bits per heavy atom. The van der Waals surface area contributed by atoms with E-state index in [0.717, 1.165) is 65.0 Å². The molecule has 3 aromatic rings. The lowest BCUT2D eigenvalue weighted by atomic mass is 10.0. The van der Waals surface area contributed by atoms with Crippen molar-refractivity contribution in [2.75, 3.05) is 33.2 Å². The summed E-state index contributed by atoms with van der Waals surface area (Å²) in [7, 11) is 2.13. The first-order valence-electron chi connectivity index (χ1n) is 8.99. The molecule has 5 heteroatoms. The van der Waals surface area contributed by atoms with E-state index in [9.17, 15) is 4.79 Å². The van der Waals surface area contributed by atoms with Crippen molar-refractivity contribution in [3.05, 3.63) is 70.1 Å². The molecule has 130 valence electrons. The number of nitrogens with one attached hydrogen (secondary N) is 1. The van der Waals surface area contributed by atoms with Crippen LogP contribution in [0.3, 0.4) is 0 Å². The van der Waals surface area contributed by atoms with Gasteiger partial charge in [0.2, 0.25) is 0 Å². The molecule has 5 rings (SSSR count). The van der Waals surface area contributed by atoms with E-state index < -0.39 is 0 Å². The van der Waals surface area contributed by atoms with Crippen LogP contribution in [0.15, 0.2) is 58.4 Å². The van der Waals surface area contributed by atoms with Gasteiger partial charge in [0.1, 0.15) is 5.71 Å². The molecule has 1 saturated heterocycles. The zero-order valence-electron chi connectivity index (χ0n) is 14.7. The number of rotatable bonds is 1. The second-order valence-electron chi connectivity index (χ2n) is 7.00. The number of piperazine rings is 1. The van der Waals surface area contributed by atoms with Crippen LogP contribution >= 0.6 is 0 Å². The second kappa shape index (κ2) is 5.81. The molecule has 5 nitrogen and oxygen atoms in total. The van der Waals surface area contributed by atoms with E-state index in [4.69, 9.17) is 5.10 Å². The van der Waals surface area contributed by atoms with Gasteiger partial charge in [-0.05, 0) is 24.1 Å². The Labute approximate surface area is 151 Å². The molecule has 2 aromatic carbocycles. The van der Waals surface area contributed by atoms with E-state index in [-0.39, 0.29) is 5.56 Å². The van der Waals surface area contributed by atoms with Crippen molar-refractivity contribution < 1.29 is 0 Å². The number of nitrogens with zero attached hydrogens (tertiary/aromatic N) is 3. The van der Waals surface area contributed by atoms with Gasteiger partial charge in [-0.2, -0.15) is 5.10 Å². The summed E-state index contributed by atoms with van der Waals surface area (Å²) in [6.45, 7) is 3.80. The number of hydrogen-bond donors (Lipinski definition) is 1. The molecule has 0 atom stereocenters. The predicted molar refractivity (Wildman–Crippen MR) is 105 cm³/mol. The van der Waals surface area contributed by atoms with Crippen LogP contribution < -0.4 is 5.56 Å². The number of benzene rings is 2. The van der Waals surface area contributed by atoms with Gasteiger partial charge in [0.25, 0.3) is 5.56 Å². The number of pyridine rings is 1. The van der Waals surface area contributed by atoms with Gasteiger partial charge >= 0.3 is 0 Å². The maximum absolute atomic E-state index is 12.6. The lowest BCUT2D eigenvalue weighted by Crippen LogP contribution is -2.42. The smallest absolute Gasteiger partial charge is 0.256 e. The van der Waals surface area contributed by atoms with Crippen molar-refractivity contribution in [1.82, 2.24) is 14.9 Å². The minimum Gasteiger partial charge on any atom is -0.319 e. The van der Waals surface area contributed by atoms with E-state index in [1.54, 1.807) is 0 Å². The van der Waals surface area contributed by atoms with Gasteiger partial charge in [0.05, 0.1) is 5.69 Å². The third-order valence-electron chi connectivity index (χ3n) is 5.34. The quantitative estimate of drug-likeness (QED) is 0.577. The summed E-state index contributed by atoms with van der Waals surface area (Å²) < 4.78 is 0. The molecule has 2 heterocycles. The van der Waals surface area contributed by atoms with Gasteiger partial charge in [-0.1, -0.05) is 42.5 Å². The number of hydrogen-bond acceptors (Lipinski definition) is 4. The Bertz CT molecular complexity index is 1090. The van der Waals surface area contributed by atoms with Crippen LogP contribution in [0.2, 0.25) is 0 Å². The monoisotopic (exact) mass is 344 g/mol. The molecule has 1 aliphatic heterocycles. The highest BCUT2D eigenvalue weighted by Crippen LogP contribution is 2.39. The molecule has 26 heavy (non-hydrogen) atoms. The molecule has 0 saturated carbocycles. The first kappa shape index (κ1) is 15.3. The van der Waals surface area contributed by atoms with Gasteiger partial charge in [0, 0.05) is 42.7 Å². The number of hydrazone groups is 1. The van der Waals surface area contributed by atoms with Crippen molar-refractivity contribution in [2.45, 2.75) is 0 Å². The number of aromatic amines is 1. The summed E-state index contributed by atoms with van der Waals surface area (Å²) in [5.74, 6) is 0. The second-order valence-corrected chi connectivity index (χ2v) is 7.00. The van der Waals surface area contributed by atoms with Gasteiger partial charge < -0.3 is 9.88 Å². The molecule has 1 fully saturated rings. The van der Waals surface area contributed by atoms with Crippen LogP contribution in [0.4, 0.5) is 0 Å². The van der Waals surface area contributed by atoms with Crippen LogP contribution in [-0.2, 0) is 0 Å². The highest BCUT2D eigenvalue weighted by atomic mass is 16.1. The van der Waals surface area contributed by atoms with Gasteiger partial charge in [-0.25, -0.2) is 0 Å². The Hall–Kier alpha value is -2.92. The fourth-order valence-electron chi connectivity index (χ4n) is 3.92. The number of H-pyrrole nitrogens is 1.